The molecule has 0 aliphatic heterocycles. The summed E-state index contributed by atoms with van der Waals surface area (Å²) in [5, 5.41) is 8.79. The second-order valence-electron chi connectivity index (χ2n) is 3.45. The number of aliphatic hydroxyl groups excluding tert-OH is 1. The van der Waals surface area contributed by atoms with E-state index in [1.807, 2.05) is 0 Å². The lowest BCUT2D eigenvalue weighted by molar-refractivity contribution is -0.120. The number of anilines is 1. The number of hydrogen-bond acceptors (Lipinski definition) is 4. The van der Waals surface area contributed by atoms with Gasteiger partial charge in [-0.25, -0.2) is 4.98 Å². The van der Waals surface area contributed by atoms with Gasteiger partial charge in [-0.2, -0.15) is 13.2 Å². The molecule has 0 aliphatic carbocycles. The van der Waals surface area contributed by atoms with Gasteiger partial charge in [-0.3, -0.25) is 0 Å². The van der Waals surface area contributed by atoms with Crippen LogP contribution in [0.3, 0.4) is 0 Å². The summed E-state index contributed by atoms with van der Waals surface area (Å²) in [4.78, 5) is 4.86. The molecule has 3 N–H and O–H groups in total. The SMILES string of the molecule is NCc1cccnc1N(CCO)CC(F)(F)F. The van der Waals surface area contributed by atoms with Crippen molar-refractivity contribution in [2.24, 2.45) is 5.73 Å². The van der Waals surface area contributed by atoms with E-state index in [1.54, 1.807) is 12.1 Å². The van der Waals surface area contributed by atoms with Crippen molar-refractivity contribution in [3.05, 3.63) is 23.9 Å². The van der Waals surface area contributed by atoms with E-state index < -0.39 is 12.7 Å². The normalized spacial score (nSPS) is 11.6. The van der Waals surface area contributed by atoms with Crippen LogP contribution in [-0.4, -0.2) is 36.0 Å². The predicted octanol–water partition coefficient (Wildman–Crippen LogP) is 0.901. The molecule has 0 bridgehead atoms. The molecule has 0 fully saturated rings. The highest BCUT2D eigenvalue weighted by atomic mass is 19.4. The fraction of sp³-hybridized carbons (Fsp3) is 0.500. The maximum Gasteiger partial charge on any atom is 0.405 e. The Morgan fingerprint density at radius 2 is 2.12 bits per heavy atom. The Balaban J connectivity index is 2.96. The van der Waals surface area contributed by atoms with E-state index in [-0.39, 0.29) is 25.5 Å². The van der Waals surface area contributed by atoms with Crippen LogP contribution in [0.25, 0.3) is 0 Å². The lowest BCUT2D eigenvalue weighted by Crippen LogP contribution is -2.37. The fourth-order valence-corrected chi connectivity index (χ4v) is 1.47. The van der Waals surface area contributed by atoms with E-state index in [1.165, 1.54) is 6.20 Å². The van der Waals surface area contributed by atoms with Gasteiger partial charge in [0.15, 0.2) is 0 Å². The molecule has 1 heterocycles. The van der Waals surface area contributed by atoms with Gasteiger partial charge in [0.2, 0.25) is 0 Å². The first-order chi connectivity index (χ1) is 7.98. The number of aliphatic hydroxyl groups is 1. The standard InChI is InChI=1S/C10H14F3N3O/c11-10(12,13)7-16(4-5-17)9-8(6-14)2-1-3-15-9/h1-3,17H,4-7,14H2. The fourth-order valence-electron chi connectivity index (χ4n) is 1.47. The van der Waals surface area contributed by atoms with E-state index >= 15 is 0 Å². The van der Waals surface area contributed by atoms with Crippen LogP contribution in [0.15, 0.2) is 18.3 Å². The summed E-state index contributed by atoms with van der Waals surface area (Å²) in [7, 11) is 0. The number of halogens is 3. The van der Waals surface area contributed by atoms with E-state index in [9.17, 15) is 13.2 Å². The van der Waals surface area contributed by atoms with Crippen molar-refractivity contribution < 1.29 is 18.3 Å². The van der Waals surface area contributed by atoms with E-state index in [0.717, 1.165) is 4.90 Å². The highest BCUT2D eigenvalue weighted by Gasteiger charge is 2.31. The molecule has 96 valence electrons. The van der Waals surface area contributed by atoms with Crippen molar-refractivity contribution in [1.82, 2.24) is 4.98 Å². The number of pyridine rings is 1. The van der Waals surface area contributed by atoms with Gasteiger partial charge in [0, 0.05) is 24.8 Å². The summed E-state index contributed by atoms with van der Waals surface area (Å²) < 4.78 is 37.1. The molecule has 0 aromatic carbocycles. The van der Waals surface area contributed by atoms with Crippen LogP contribution in [0.1, 0.15) is 5.56 Å². The van der Waals surface area contributed by atoms with Gasteiger partial charge < -0.3 is 15.7 Å². The van der Waals surface area contributed by atoms with Gasteiger partial charge in [0.1, 0.15) is 12.4 Å². The Morgan fingerprint density at radius 1 is 1.41 bits per heavy atom. The van der Waals surface area contributed by atoms with Crippen LogP contribution < -0.4 is 10.6 Å². The molecule has 0 amide bonds. The average Bonchev–Trinajstić information content (AvgIpc) is 2.27. The first kappa shape index (κ1) is 13.7. The van der Waals surface area contributed by atoms with Gasteiger partial charge in [-0.15, -0.1) is 0 Å². The first-order valence-corrected chi connectivity index (χ1v) is 5.04. The second-order valence-corrected chi connectivity index (χ2v) is 3.45. The summed E-state index contributed by atoms with van der Waals surface area (Å²) in [6, 6.07) is 3.22. The molecular formula is C10H14F3N3O. The third kappa shape index (κ3) is 4.20. The van der Waals surface area contributed by atoms with Crippen LogP contribution >= 0.6 is 0 Å². The van der Waals surface area contributed by atoms with Crippen molar-refractivity contribution in [2.45, 2.75) is 12.7 Å². The predicted molar refractivity (Wildman–Crippen MR) is 57.5 cm³/mol. The zero-order valence-corrected chi connectivity index (χ0v) is 9.11. The monoisotopic (exact) mass is 249 g/mol. The minimum Gasteiger partial charge on any atom is -0.395 e. The second kappa shape index (κ2) is 5.83. The zero-order valence-electron chi connectivity index (χ0n) is 9.11. The van der Waals surface area contributed by atoms with E-state index in [0.29, 0.717) is 5.56 Å². The molecule has 0 spiro atoms. The summed E-state index contributed by atoms with van der Waals surface area (Å²) in [6.45, 7) is -1.57. The Hall–Kier alpha value is -1.34. The third-order valence-corrected chi connectivity index (χ3v) is 2.13. The topological polar surface area (TPSA) is 62.4 Å². The number of aromatic nitrogens is 1. The lowest BCUT2D eigenvalue weighted by atomic mass is 10.2. The minimum atomic E-state index is -4.35. The minimum absolute atomic E-state index is 0.100. The number of nitrogens with zero attached hydrogens (tertiary/aromatic N) is 2. The Bertz CT molecular complexity index is 357. The molecular weight excluding hydrogens is 235 g/mol. The summed E-state index contributed by atoms with van der Waals surface area (Å²) in [5.41, 5.74) is 5.96. The Kier molecular flexibility index (Phi) is 4.71. The van der Waals surface area contributed by atoms with Crippen molar-refractivity contribution >= 4 is 5.82 Å². The molecule has 1 aromatic heterocycles. The molecule has 0 unspecified atom stereocenters. The molecule has 7 heteroatoms. The van der Waals surface area contributed by atoms with Gasteiger partial charge in [0.25, 0.3) is 0 Å². The van der Waals surface area contributed by atoms with E-state index in [2.05, 4.69) is 4.98 Å². The Labute approximate surface area is 96.9 Å². The third-order valence-electron chi connectivity index (χ3n) is 2.13. The quantitative estimate of drug-likeness (QED) is 0.814. The maximum atomic E-state index is 12.4. The molecule has 0 atom stereocenters. The molecule has 4 nitrogen and oxygen atoms in total. The van der Waals surface area contributed by atoms with Crippen LogP contribution in [0, 0.1) is 0 Å². The summed E-state index contributed by atoms with van der Waals surface area (Å²) in [6.07, 6.45) is -2.95. The maximum absolute atomic E-state index is 12.4. The Morgan fingerprint density at radius 3 is 2.65 bits per heavy atom. The summed E-state index contributed by atoms with van der Waals surface area (Å²) >= 11 is 0. The van der Waals surface area contributed by atoms with Gasteiger partial charge in [0.05, 0.1) is 6.61 Å². The van der Waals surface area contributed by atoms with Crippen LogP contribution in [0.2, 0.25) is 0 Å². The largest absolute Gasteiger partial charge is 0.405 e. The van der Waals surface area contributed by atoms with Crippen LogP contribution in [-0.2, 0) is 6.54 Å². The van der Waals surface area contributed by atoms with Crippen molar-refractivity contribution in [3.8, 4) is 0 Å². The van der Waals surface area contributed by atoms with Gasteiger partial charge >= 0.3 is 6.18 Å². The van der Waals surface area contributed by atoms with Crippen LogP contribution in [0.4, 0.5) is 19.0 Å². The summed E-state index contributed by atoms with van der Waals surface area (Å²) in [5.74, 6) is 0.168. The highest BCUT2D eigenvalue weighted by Crippen LogP contribution is 2.22. The molecule has 0 radical (unpaired) electrons. The number of nitrogens with two attached hydrogens (primary N) is 1. The van der Waals surface area contributed by atoms with Crippen molar-refractivity contribution in [3.63, 3.8) is 0 Å². The molecule has 1 rings (SSSR count). The van der Waals surface area contributed by atoms with Gasteiger partial charge in [-0.05, 0) is 6.07 Å². The van der Waals surface area contributed by atoms with Crippen LogP contribution in [0.5, 0.6) is 0 Å². The molecule has 0 saturated carbocycles. The number of rotatable bonds is 5. The van der Waals surface area contributed by atoms with Gasteiger partial charge in [-0.1, -0.05) is 6.07 Å². The molecule has 0 saturated heterocycles. The molecule has 17 heavy (non-hydrogen) atoms. The highest BCUT2D eigenvalue weighted by molar-refractivity contribution is 5.46. The zero-order chi connectivity index (χ0) is 12.9. The smallest absolute Gasteiger partial charge is 0.395 e. The molecule has 1 aromatic rings. The number of hydrogen-bond donors (Lipinski definition) is 2. The first-order valence-electron chi connectivity index (χ1n) is 5.04. The van der Waals surface area contributed by atoms with Crippen molar-refractivity contribution in [2.75, 3.05) is 24.6 Å². The van der Waals surface area contributed by atoms with E-state index in [4.69, 9.17) is 10.8 Å². The number of alkyl halides is 3. The lowest BCUT2D eigenvalue weighted by Gasteiger charge is -2.25. The average molecular weight is 249 g/mol. The van der Waals surface area contributed by atoms with Crippen molar-refractivity contribution in [1.29, 1.82) is 0 Å². The molecule has 0 aliphatic rings.